The van der Waals surface area contributed by atoms with E-state index in [1.54, 1.807) is 0 Å². The number of nitrogens with one attached hydrogen (secondary N) is 1. The van der Waals surface area contributed by atoms with Crippen molar-refractivity contribution < 1.29 is 31.9 Å². The zero-order valence-corrected chi connectivity index (χ0v) is 16.4. The highest BCUT2D eigenvalue weighted by molar-refractivity contribution is 5.90. The van der Waals surface area contributed by atoms with Crippen molar-refractivity contribution in [3.8, 4) is 0 Å². The van der Waals surface area contributed by atoms with Crippen LogP contribution in [-0.4, -0.2) is 35.0 Å². The van der Waals surface area contributed by atoms with E-state index >= 15 is 0 Å². The van der Waals surface area contributed by atoms with E-state index in [0.29, 0.717) is 0 Å². The number of nitrogens with zero attached hydrogens (tertiary/aromatic N) is 2. The van der Waals surface area contributed by atoms with Crippen molar-refractivity contribution in [2.45, 2.75) is 50.9 Å². The van der Waals surface area contributed by atoms with Crippen LogP contribution in [-0.2, 0) is 17.5 Å². The number of anilines is 1. The molecule has 1 aliphatic rings. The average molecular weight is 425 g/mol. The zero-order chi connectivity index (χ0) is 21.7. The van der Waals surface area contributed by atoms with E-state index in [1.165, 1.54) is 30.2 Å². The monoisotopic (exact) mass is 425 g/mol. The molecular weight excluding hydrogens is 403 g/mol. The van der Waals surface area contributed by atoms with Crippen molar-refractivity contribution in [2.75, 3.05) is 12.4 Å². The lowest BCUT2D eigenvalue weighted by atomic mass is 9.94. The summed E-state index contributed by atoms with van der Waals surface area (Å²) in [5.41, 5.74) is -1.29. The first kappa shape index (κ1) is 21.7. The molecule has 1 fully saturated rings. The van der Waals surface area contributed by atoms with Gasteiger partial charge in [-0.25, -0.2) is 14.6 Å². The maximum Gasteiger partial charge on any atom is 0.418 e. The van der Waals surface area contributed by atoms with Gasteiger partial charge in [-0.3, -0.25) is 0 Å². The van der Waals surface area contributed by atoms with E-state index in [9.17, 15) is 22.8 Å². The molecule has 0 atom stereocenters. The number of ether oxygens (including phenoxy) is 1. The van der Waals surface area contributed by atoms with Crippen LogP contribution in [0, 0.1) is 0 Å². The van der Waals surface area contributed by atoms with Gasteiger partial charge in [-0.15, -0.1) is 0 Å². The normalized spacial score (nSPS) is 14.9. The fourth-order valence-electron chi connectivity index (χ4n) is 3.51. The molecule has 3 rings (SSSR count). The number of oxazole rings is 1. The highest BCUT2D eigenvalue weighted by atomic mass is 19.4. The van der Waals surface area contributed by atoms with Crippen molar-refractivity contribution in [1.29, 1.82) is 0 Å². The number of carbonyl (C=O) groups excluding carboxylic acids is 2. The van der Waals surface area contributed by atoms with Gasteiger partial charge in [0, 0.05) is 6.04 Å². The Morgan fingerprint density at radius 2 is 1.93 bits per heavy atom. The van der Waals surface area contributed by atoms with Crippen LogP contribution in [0.25, 0.3) is 0 Å². The van der Waals surface area contributed by atoms with Crippen LogP contribution in [0.3, 0.4) is 0 Å². The van der Waals surface area contributed by atoms with Gasteiger partial charge < -0.3 is 19.4 Å². The van der Waals surface area contributed by atoms with Crippen molar-refractivity contribution in [2.24, 2.45) is 0 Å². The number of aromatic nitrogens is 1. The molecule has 2 amide bonds. The van der Waals surface area contributed by atoms with Gasteiger partial charge in [-0.2, -0.15) is 13.2 Å². The molecule has 0 bridgehead atoms. The second kappa shape index (κ2) is 9.19. The Hall–Kier alpha value is -3.04. The number of carbonyl (C=O) groups is 2. The number of amides is 2. The van der Waals surface area contributed by atoms with Crippen LogP contribution in [0.5, 0.6) is 0 Å². The van der Waals surface area contributed by atoms with Crippen LogP contribution in [0.1, 0.15) is 54.0 Å². The van der Waals surface area contributed by atoms with Gasteiger partial charge in [0.1, 0.15) is 6.26 Å². The third kappa shape index (κ3) is 5.11. The first-order chi connectivity index (χ1) is 14.3. The molecule has 1 saturated carbocycles. The topological polar surface area (TPSA) is 84.7 Å². The Morgan fingerprint density at radius 1 is 1.23 bits per heavy atom. The maximum absolute atomic E-state index is 13.3. The summed E-state index contributed by atoms with van der Waals surface area (Å²) >= 11 is 0. The van der Waals surface area contributed by atoms with Gasteiger partial charge in [0.05, 0.1) is 24.9 Å². The van der Waals surface area contributed by atoms with E-state index in [4.69, 9.17) is 4.42 Å². The quantitative estimate of drug-likeness (QED) is 0.693. The van der Waals surface area contributed by atoms with E-state index in [-0.39, 0.29) is 29.9 Å². The minimum Gasteiger partial charge on any atom is -0.464 e. The standard InChI is InChI=1S/C20H22F3N3O4/c1-29-18(27)16-12-30-17(24-16)11-26(13-7-3-2-4-8-13)19(28)25-15-10-6-5-9-14(15)20(21,22)23/h5-6,9-10,12-13H,2-4,7-8,11H2,1H3,(H,25,28). The van der Waals surface area contributed by atoms with Gasteiger partial charge >= 0.3 is 18.2 Å². The lowest BCUT2D eigenvalue weighted by molar-refractivity contribution is -0.136. The lowest BCUT2D eigenvalue weighted by Gasteiger charge is -2.33. The fourth-order valence-corrected chi connectivity index (χ4v) is 3.51. The Bertz CT molecular complexity index is 891. The molecule has 162 valence electrons. The van der Waals surface area contributed by atoms with Crippen LogP contribution < -0.4 is 5.32 Å². The smallest absolute Gasteiger partial charge is 0.418 e. The molecule has 30 heavy (non-hydrogen) atoms. The van der Waals surface area contributed by atoms with Gasteiger partial charge in [-0.05, 0) is 25.0 Å². The van der Waals surface area contributed by atoms with Crippen molar-refractivity contribution in [3.63, 3.8) is 0 Å². The SMILES string of the molecule is COC(=O)c1coc(CN(C(=O)Nc2ccccc2C(F)(F)F)C2CCCCC2)n1. The number of urea groups is 1. The molecule has 1 N–H and O–H groups in total. The summed E-state index contributed by atoms with van der Waals surface area (Å²) < 4.78 is 49.7. The number of hydrogen-bond donors (Lipinski definition) is 1. The van der Waals surface area contributed by atoms with Crippen molar-refractivity contribution in [3.05, 3.63) is 47.7 Å². The number of halogens is 3. The molecule has 1 aromatic heterocycles. The van der Waals surface area contributed by atoms with E-state index in [0.717, 1.165) is 44.4 Å². The molecular formula is C20H22F3N3O4. The minimum absolute atomic E-state index is 0.0427. The molecule has 0 saturated heterocycles. The molecule has 0 aliphatic heterocycles. The average Bonchev–Trinajstić information content (AvgIpc) is 3.20. The summed E-state index contributed by atoms with van der Waals surface area (Å²) in [7, 11) is 1.20. The summed E-state index contributed by atoms with van der Waals surface area (Å²) in [6, 6.07) is 3.95. The van der Waals surface area contributed by atoms with Gasteiger partial charge in [-0.1, -0.05) is 31.4 Å². The molecule has 0 spiro atoms. The molecule has 1 heterocycles. The Labute approximate surface area is 171 Å². The van der Waals surface area contributed by atoms with E-state index in [2.05, 4.69) is 15.0 Å². The third-order valence-electron chi connectivity index (χ3n) is 5.00. The molecule has 7 nitrogen and oxygen atoms in total. The summed E-state index contributed by atoms with van der Waals surface area (Å²) in [4.78, 5) is 30.0. The van der Waals surface area contributed by atoms with Crippen molar-refractivity contribution in [1.82, 2.24) is 9.88 Å². The minimum atomic E-state index is -4.60. The highest BCUT2D eigenvalue weighted by Crippen LogP contribution is 2.35. The van der Waals surface area contributed by atoms with Crippen LogP contribution in [0.4, 0.5) is 23.7 Å². The number of hydrogen-bond acceptors (Lipinski definition) is 5. The fraction of sp³-hybridized carbons (Fsp3) is 0.450. The molecule has 1 aliphatic carbocycles. The van der Waals surface area contributed by atoms with Crippen molar-refractivity contribution >= 4 is 17.7 Å². The zero-order valence-electron chi connectivity index (χ0n) is 16.4. The molecule has 0 unspecified atom stereocenters. The molecule has 2 aromatic rings. The number of rotatable bonds is 5. The number of para-hydroxylation sites is 1. The molecule has 10 heteroatoms. The maximum atomic E-state index is 13.3. The number of esters is 1. The first-order valence-corrected chi connectivity index (χ1v) is 9.56. The number of methoxy groups -OCH3 is 1. The molecule has 0 radical (unpaired) electrons. The van der Waals surface area contributed by atoms with E-state index < -0.39 is 23.7 Å². The Balaban J connectivity index is 1.83. The predicted octanol–water partition coefficient (Wildman–Crippen LogP) is 4.85. The predicted molar refractivity (Wildman–Crippen MR) is 101 cm³/mol. The number of alkyl halides is 3. The summed E-state index contributed by atoms with van der Waals surface area (Å²) in [5, 5.41) is 2.38. The lowest BCUT2D eigenvalue weighted by Crippen LogP contribution is -2.43. The van der Waals surface area contributed by atoms with Gasteiger partial charge in [0.25, 0.3) is 0 Å². The summed E-state index contributed by atoms with van der Waals surface area (Å²) in [6.45, 7) is -0.0817. The first-order valence-electron chi connectivity index (χ1n) is 9.56. The second-order valence-electron chi connectivity index (χ2n) is 7.01. The summed E-state index contributed by atoms with van der Waals surface area (Å²) in [6.07, 6.45) is 0.819. The Kier molecular flexibility index (Phi) is 6.63. The third-order valence-corrected chi connectivity index (χ3v) is 5.00. The molecule has 1 aromatic carbocycles. The highest BCUT2D eigenvalue weighted by Gasteiger charge is 2.35. The van der Waals surface area contributed by atoms with Gasteiger partial charge in [0.15, 0.2) is 5.69 Å². The number of benzene rings is 1. The van der Waals surface area contributed by atoms with Gasteiger partial charge in [0.2, 0.25) is 5.89 Å². The van der Waals surface area contributed by atoms with Crippen LogP contribution >= 0.6 is 0 Å². The second-order valence-corrected chi connectivity index (χ2v) is 7.01. The van der Waals surface area contributed by atoms with E-state index in [1.807, 2.05) is 0 Å². The summed E-state index contributed by atoms with van der Waals surface area (Å²) in [5.74, 6) is -0.585. The van der Waals surface area contributed by atoms with Crippen LogP contribution in [0.15, 0.2) is 34.9 Å². The van der Waals surface area contributed by atoms with Crippen LogP contribution in [0.2, 0.25) is 0 Å². The largest absolute Gasteiger partial charge is 0.464 e. The Morgan fingerprint density at radius 3 is 2.60 bits per heavy atom.